The van der Waals surface area contributed by atoms with E-state index in [1.54, 1.807) is 0 Å². The van der Waals surface area contributed by atoms with Gasteiger partial charge in [-0.05, 0) is 10.4 Å². The summed E-state index contributed by atoms with van der Waals surface area (Å²) in [7, 11) is 0. The zero-order valence-electron chi connectivity index (χ0n) is 3.04. The number of rotatable bonds is 0. The van der Waals surface area contributed by atoms with Gasteiger partial charge in [0.25, 0.3) is 0 Å². The van der Waals surface area contributed by atoms with Gasteiger partial charge in [0, 0.05) is 22.6 Å². The second kappa shape index (κ2) is 1.42. The maximum absolute atomic E-state index is 12.1. The van der Waals surface area contributed by atoms with Gasteiger partial charge in [-0.3, -0.25) is 0 Å². The first-order valence-corrected chi connectivity index (χ1v) is 2.50. The van der Waals surface area contributed by atoms with Crippen molar-refractivity contribution in [3.63, 3.8) is 0 Å². The van der Waals surface area contributed by atoms with Gasteiger partial charge in [0.15, 0.2) is 0 Å². The van der Waals surface area contributed by atoms with E-state index < -0.39 is 3.92 Å². The number of hydrogen-bond donors (Lipinski definition) is 0. The fourth-order valence-electron chi connectivity index (χ4n) is 0.168. The zero-order chi connectivity index (χ0) is 5.33. The van der Waals surface area contributed by atoms with Crippen molar-refractivity contribution in [2.24, 2.45) is 20.7 Å². The van der Waals surface area contributed by atoms with Crippen molar-refractivity contribution < 1.29 is 4.39 Å². The van der Waals surface area contributed by atoms with Gasteiger partial charge < -0.3 is 0 Å². The fraction of sp³-hybridized carbons (Fsp3) is 1.00. The van der Waals surface area contributed by atoms with E-state index in [0.29, 0.717) is 0 Å². The van der Waals surface area contributed by atoms with Crippen molar-refractivity contribution >= 4 is 22.6 Å². The van der Waals surface area contributed by atoms with E-state index in [2.05, 4.69) is 20.7 Å². The van der Waals surface area contributed by atoms with Crippen molar-refractivity contribution in [3.05, 3.63) is 0 Å². The van der Waals surface area contributed by atoms with Crippen molar-refractivity contribution in [1.29, 1.82) is 0 Å². The van der Waals surface area contributed by atoms with Crippen molar-refractivity contribution in [2.45, 2.75) is 3.92 Å². The quantitative estimate of drug-likeness (QED) is 0.335. The summed E-state index contributed by atoms with van der Waals surface area (Å²) in [6, 6.07) is 0. The molecule has 0 N–H and O–H groups in total. The van der Waals surface area contributed by atoms with E-state index in [9.17, 15) is 4.39 Å². The number of alkyl halides is 2. The van der Waals surface area contributed by atoms with Gasteiger partial charge in [-0.1, -0.05) is 10.2 Å². The average Bonchev–Trinajstić information content (AvgIpc) is 1.84. The molecule has 0 unspecified atom stereocenters. The Balaban J connectivity index is 2.77. The summed E-state index contributed by atoms with van der Waals surface area (Å²) < 4.78 is 10.2. The molecule has 4 nitrogen and oxygen atoms in total. The lowest BCUT2D eigenvalue weighted by atomic mass is 11.1. The summed E-state index contributed by atoms with van der Waals surface area (Å²) in [6.45, 7) is 0. The molecule has 0 saturated carbocycles. The molecule has 1 aliphatic heterocycles. The second-order valence-electron chi connectivity index (χ2n) is 0.888. The summed E-state index contributed by atoms with van der Waals surface area (Å²) in [5.74, 6) is 0. The monoisotopic (exact) mass is 214 g/mol. The summed E-state index contributed by atoms with van der Waals surface area (Å²) in [5.41, 5.74) is 0. The molecule has 0 radical (unpaired) electrons. The predicted octanol–water partition coefficient (Wildman–Crippen LogP) is 1.84. The van der Waals surface area contributed by atoms with Gasteiger partial charge in [-0.2, -0.15) is 4.39 Å². The highest BCUT2D eigenvalue weighted by Crippen LogP contribution is 2.28. The van der Waals surface area contributed by atoms with Crippen molar-refractivity contribution in [3.8, 4) is 0 Å². The van der Waals surface area contributed by atoms with Gasteiger partial charge in [-0.25, -0.2) is 0 Å². The molecule has 7 heavy (non-hydrogen) atoms. The Morgan fingerprint density at radius 3 is 1.86 bits per heavy atom. The van der Waals surface area contributed by atoms with E-state index in [0.717, 1.165) is 0 Å². The van der Waals surface area contributed by atoms with E-state index in [4.69, 9.17) is 0 Å². The topological polar surface area (TPSA) is 49.4 Å². The Labute approximate surface area is 52.0 Å². The first kappa shape index (κ1) is 5.01. The minimum atomic E-state index is -1.92. The Hall–Kier alpha value is -0.140. The van der Waals surface area contributed by atoms with Crippen LogP contribution in [0.25, 0.3) is 0 Å². The van der Waals surface area contributed by atoms with Crippen molar-refractivity contribution in [1.82, 2.24) is 0 Å². The molecule has 0 bridgehead atoms. The number of halogens is 2. The molecule has 0 amide bonds. The standard InChI is InChI=1S/CFIN4/c2-1(3)4-6-7-5-1. The van der Waals surface area contributed by atoms with Gasteiger partial charge in [0.05, 0.1) is 0 Å². The average molecular weight is 214 g/mol. The molecule has 1 rings (SSSR count). The highest BCUT2D eigenvalue weighted by molar-refractivity contribution is 14.1. The highest BCUT2D eigenvalue weighted by atomic mass is 127. The van der Waals surface area contributed by atoms with Crippen LogP contribution >= 0.6 is 22.6 Å². The van der Waals surface area contributed by atoms with Crippen LogP contribution in [0.4, 0.5) is 4.39 Å². The molecule has 0 aromatic rings. The van der Waals surface area contributed by atoms with Crippen LogP contribution in [-0.4, -0.2) is 3.92 Å². The fourth-order valence-corrected chi connectivity index (χ4v) is 0.361. The Bertz CT molecular complexity index is 114. The Morgan fingerprint density at radius 2 is 1.71 bits per heavy atom. The third-order valence-corrected chi connectivity index (χ3v) is 0.802. The molecule has 1 aliphatic rings. The maximum Gasteiger partial charge on any atom is 0.382 e. The lowest BCUT2D eigenvalue weighted by Gasteiger charge is -1.92. The van der Waals surface area contributed by atoms with Crippen LogP contribution in [0.3, 0.4) is 0 Å². The summed E-state index contributed by atoms with van der Waals surface area (Å²) in [5, 5.41) is 11.8. The first-order chi connectivity index (χ1) is 3.21. The van der Waals surface area contributed by atoms with Crippen LogP contribution in [0.2, 0.25) is 0 Å². The summed E-state index contributed by atoms with van der Waals surface area (Å²) >= 11 is 1.38. The zero-order valence-corrected chi connectivity index (χ0v) is 5.20. The predicted molar refractivity (Wildman–Crippen MR) is 27.6 cm³/mol. The molecule has 0 aromatic carbocycles. The third-order valence-electron chi connectivity index (χ3n) is 0.370. The normalized spacial score (nSPS) is 23.7. The summed E-state index contributed by atoms with van der Waals surface area (Å²) in [4.78, 5) is 0. The molecule has 1 heterocycles. The van der Waals surface area contributed by atoms with E-state index in [-0.39, 0.29) is 0 Å². The Morgan fingerprint density at radius 1 is 1.29 bits per heavy atom. The second-order valence-corrected chi connectivity index (χ2v) is 2.26. The van der Waals surface area contributed by atoms with Gasteiger partial charge in [0.2, 0.25) is 0 Å². The molecular weight excluding hydrogens is 214 g/mol. The van der Waals surface area contributed by atoms with Gasteiger partial charge in [0.1, 0.15) is 0 Å². The van der Waals surface area contributed by atoms with Gasteiger partial charge in [-0.15, -0.1) is 0 Å². The molecule has 6 heteroatoms. The van der Waals surface area contributed by atoms with Gasteiger partial charge >= 0.3 is 3.92 Å². The van der Waals surface area contributed by atoms with E-state index in [1.807, 2.05) is 0 Å². The molecule has 0 spiro atoms. The van der Waals surface area contributed by atoms with Crippen LogP contribution in [0, 0.1) is 0 Å². The summed E-state index contributed by atoms with van der Waals surface area (Å²) in [6.07, 6.45) is 0. The van der Waals surface area contributed by atoms with Crippen LogP contribution in [-0.2, 0) is 0 Å². The maximum atomic E-state index is 12.1. The smallest absolute Gasteiger partial charge is 0.176 e. The van der Waals surface area contributed by atoms with Crippen LogP contribution in [0.15, 0.2) is 20.7 Å². The molecule has 0 saturated heterocycles. The number of hydrogen-bond acceptors (Lipinski definition) is 4. The first-order valence-electron chi connectivity index (χ1n) is 1.43. The van der Waals surface area contributed by atoms with Crippen molar-refractivity contribution in [2.75, 3.05) is 0 Å². The molecular formula is CFIN4. The molecule has 0 aliphatic carbocycles. The molecule has 0 atom stereocenters. The third kappa shape index (κ3) is 1.11. The SMILES string of the molecule is FC1(I)N=NN=N1. The Kier molecular flexibility index (Phi) is 1.02. The van der Waals surface area contributed by atoms with Crippen LogP contribution in [0.5, 0.6) is 0 Å². The molecule has 0 aromatic heterocycles. The lowest BCUT2D eigenvalue weighted by Crippen LogP contribution is -1.97. The minimum Gasteiger partial charge on any atom is -0.176 e. The number of nitrogens with zero attached hydrogens (tertiary/aromatic N) is 4. The largest absolute Gasteiger partial charge is 0.382 e. The van der Waals surface area contributed by atoms with E-state index in [1.165, 1.54) is 22.6 Å². The van der Waals surface area contributed by atoms with Crippen LogP contribution in [0.1, 0.15) is 0 Å². The highest BCUT2D eigenvalue weighted by Gasteiger charge is 2.26. The molecule has 0 fully saturated rings. The lowest BCUT2D eigenvalue weighted by molar-refractivity contribution is 0.334. The van der Waals surface area contributed by atoms with Crippen LogP contribution < -0.4 is 0 Å². The minimum absolute atomic E-state index is 1.38. The molecule has 38 valence electrons. The van der Waals surface area contributed by atoms with E-state index >= 15 is 0 Å².